The largest absolute Gasteiger partial charge is 0.509 e. The summed E-state index contributed by atoms with van der Waals surface area (Å²) in [6, 6.07) is 0. The van der Waals surface area contributed by atoms with Gasteiger partial charge < -0.3 is 9.47 Å². The average molecular weight is 174 g/mol. The maximum atomic E-state index is 11.0. The highest BCUT2D eigenvalue weighted by molar-refractivity contribution is 5.60. The van der Waals surface area contributed by atoms with Gasteiger partial charge in [0.1, 0.15) is 11.7 Å². The highest BCUT2D eigenvalue weighted by Gasteiger charge is 2.18. The Morgan fingerprint density at radius 1 is 1.42 bits per heavy atom. The van der Waals surface area contributed by atoms with Crippen LogP contribution < -0.4 is 0 Å². The molecule has 3 nitrogen and oxygen atoms in total. The third kappa shape index (κ3) is 6.01. The Morgan fingerprint density at radius 2 is 1.92 bits per heavy atom. The molecular formula is C9H18O3. The Labute approximate surface area is 74.0 Å². The van der Waals surface area contributed by atoms with Gasteiger partial charge >= 0.3 is 6.16 Å². The molecule has 3 heteroatoms. The first-order valence-corrected chi connectivity index (χ1v) is 4.24. The first-order chi connectivity index (χ1) is 5.35. The predicted molar refractivity (Wildman–Crippen MR) is 47.1 cm³/mol. The second-order valence-electron chi connectivity index (χ2n) is 3.80. The van der Waals surface area contributed by atoms with Crippen molar-refractivity contribution in [1.82, 2.24) is 0 Å². The molecular weight excluding hydrogens is 156 g/mol. The zero-order valence-electron chi connectivity index (χ0n) is 8.51. The topological polar surface area (TPSA) is 35.5 Å². The molecule has 0 saturated carbocycles. The van der Waals surface area contributed by atoms with Gasteiger partial charge in [0.25, 0.3) is 0 Å². The summed E-state index contributed by atoms with van der Waals surface area (Å²) < 4.78 is 9.86. The highest BCUT2D eigenvalue weighted by atomic mass is 16.7. The molecule has 0 aromatic carbocycles. The van der Waals surface area contributed by atoms with Crippen molar-refractivity contribution in [2.75, 3.05) is 0 Å². The van der Waals surface area contributed by atoms with Crippen molar-refractivity contribution < 1.29 is 14.3 Å². The fraction of sp³-hybridized carbons (Fsp3) is 0.889. The third-order valence-corrected chi connectivity index (χ3v) is 1.26. The monoisotopic (exact) mass is 174 g/mol. The molecule has 0 radical (unpaired) electrons. The normalized spacial score (nSPS) is 13.8. The van der Waals surface area contributed by atoms with Crippen molar-refractivity contribution in [1.29, 1.82) is 0 Å². The van der Waals surface area contributed by atoms with Gasteiger partial charge in [-0.25, -0.2) is 4.79 Å². The summed E-state index contributed by atoms with van der Waals surface area (Å²) in [5.41, 5.74) is -0.468. The molecule has 12 heavy (non-hydrogen) atoms. The zero-order chi connectivity index (χ0) is 9.78. The van der Waals surface area contributed by atoms with Gasteiger partial charge in [-0.1, -0.05) is 6.92 Å². The number of carbonyl (C=O) groups is 1. The number of rotatable bonds is 2. The van der Waals surface area contributed by atoms with Crippen molar-refractivity contribution in [3.05, 3.63) is 0 Å². The summed E-state index contributed by atoms with van der Waals surface area (Å²) >= 11 is 0. The van der Waals surface area contributed by atoms with Crippen LogP contribution in [0.15, 0.2) is 0 Å². The Balaban J connectivity index is 3.75. The molecule has 0 aliphatic heterocycles. The molecule has 0 spiro atoms. The lowest BCUT2D eigenvalue weighted by Gasteiger charge is -2.20. The fourth-order valence-corrected chi connectivity index (χ4v) is 0.522. The molecule has 0 heterocycles. The van der Waals surface area contributed by atoms with E-state index in [1.165, 1.54) is 0 Å². The second-order valence-corrected chi connectivity index (χ2v) is 3.80. The summed E-state index contributed by atoms with van der Waals surface area (Å²) in [6.07, 6.45) is 0.149. The van der Waals surface area contributed by atoms with Crippen LogP contribution in [-0.2, 0) is 9.47 Å². The van der Waals surface area contributed by atoms with Gasteiger partial charge in [0.05, 0.1) is 0 Å². The molecule has 1 atom stereocenters. The van der Waals surface area contributed by atoms with Crippen LogP contribution in [0, 0.1) is 0 Å². The first kappa shape index (κ1) is 11.3. The van der Waals surface area contributed by atoms with Gasteiger partial charge in [0.15, 0.2) is 0 Å². The van der Waals surface area contributed by atoms with E-state index >= 15 is 0 Å². The summed E-state index contributed by atoms with van der Waals surface area (Å²) in [5.74, 6) is 0. The van der Waals surface area contributed by atoms with Gasteiger partial charge in [0.2, 0.25) is 0 Å². The zero-order valence-corrected chi connectivity index (χ0v) is 8.51. The van der Waals surface area contributed by atoms with Gasteiger partial charge in [-0.3, -0.25) is 0 Å². The van der Waals surface area contributed by atoms with E-state index in [0.29, 0.717) is 0 Å². The van der Waals surface area contributed by atoms with Gasteiger partial charge in [-0.05, 0) is 34.1 Å². The number of hydrogen-bond acceptors (Lipinski definition) is 3. The summed E-state index contributed by atoms with van der Waals surface area (Å²) in [4.78, 5) is 11.0. The van der Waals surface area contributed by atoms with Crippen LogP contribution in [0.3, 0.4) is 0 Å². The molecule has 72 valence electrons. The predicted octanol–water partition coefficient (Wildman–Crippen LogP) is 2.74. The number of hydrogen-bond donors (Lipinski definition) is 0. The van der Waals surface area contributed by atoms with E-state index in [-0.39, 0.29) is 6.10 Å². The van der Waals surface area contributed by atoms with Crippen molar-refractivity contribution in [3.63, 3.8) is 0 Å². The van der Waals surface area contributed by atoms with Gasteiger partial charge in [0, 0.05) is 0 Å². The maximum absolute atomic E-state index is 11.0. The minimum Gasteiger partial charge on any atom is -0.431 e. The van der Waals surface area contributed by atoms with Gasteiger partial charge in [-0.15, -0.1) is 0 Å². The van der Waals surface area contributed by atoms with Crippen LogP contribution in [-0.4, -0.2) is 17.9 Å². The van der Waals surface area contributed by atoms with Crippen LogP contribution in [0.1, 0.15) is 41.0 Å². The summed E-state index contributed by atoms with van der Waals surface area (Å²) in [6.45, 7) is 9.22. The average Bonchev–Trinajstić information content (AvgIpc) is 1.82. The molecule has 0 saturated heterocycles. The lowest BCUT2D eigenvalue weighted by atomic mass is 10.2. The lowest BCUT2D eigenvalue weighted by molar-refractivity contribution is -0.0237. The molecule has 0 unspecified atom stereocenters. The van der Waals surface area contributed by atoms with Crippen molar-refractivity contribution >= 4 is 6.16 Å². The molecule has 0 aliphatic carbocycles. The smallest absolute Gasteiger partial charge is 0.431 e. The van der Waals surface area contributed by atoms with E-state index in [1.54, 1.807) is 0 Å². The second kappa shape index (κ2) is 4.33. The van der Waals surface area contributed by atoms with Crippen molar-refractivity contribution in [3.8, 4) is 0 Å². The van der Waals surface area contributed by atoms with Crippen LogP contribution in [0.25, 0.3) is 0 Å². The van der Waals surface area contributed by atoms with E-state index in [9.17, 15) is 4.79 Å². The van der Waals surface area contributed by atoms with E-state index in [4.69, 9.17) is 9.47 Å². The minimum absolute atomic E-state index is 0.0696. The first-order valence-electron chi connectivity index (χ1n) is 4.24. The lowest BCUT2D eigenvalue weighted by Crippen LogP contribution is -2.26. The standard InChI is InChI=1S/C9H18O3/c1-6-7(2)11-8(10)12-9(3,4)5/h7H,6H2,1-5H3/t7-/m0/s1. The van der Waals surface area contributed by atoms with Crippen molar-refractivity contribution in [2.24, 2.45) is 0 Å². The Kier molecular flexibility index (Phi) is 4.07. The molecule has 0 amide bonds. The molecule has 0 fully saturated rings. The Morgan fingerprint density at radius 3 is 2.25 bits per heavy atom. The fourth-order valence-electron chi connectivity index (χ4n) is 0.522. The molecule has 0 aliphatic rings. The molecule has 0 bridgehead atoms. The SMILES string of the molecule is CC[C@H](C)OC(=O)OC(C)(C)C. The molecule has 0 N–H and O–H groups in total. The Hall–Kier alpha value is -0.730. The van der Waals surface area contributed by atoms with Crippen LogP contribution in [0.4, 0.5) is 4.79 Å². The highest BCUT2D eigenvalue weighted by Crippen LogP contribution is 2.09. The third-order valence-electron chi connectivity index (χ3n) is 1.26. The number of ether oxygens (including phenoxy) is 2. The molecule has 0 rings (SSSR count). The minimum atomic E-state index is -0.586. The maximum Gasteiger partial charge on any atom is 0.509 e. The van der Waals surface area contributed by atoms with E-state index in [0.717, 1.165) is 6.42 Å². The summed E-state index contributed by atoms with van der Waals surface area (Å²) in [5, 5.41) is 0. The van der Waals surface area contributed by atoms with Crippen LogP contribution >= 0.6 is 0 Å². The molecule has 0 aromatic rings. The molecule has 0 aromatic heterocycles. The number of carbonyl (C=O) groups excluding carboxylic acids is 1. The summed E-state index contributed by atoms with van der Waals surface area (Å²) in [7, 11) is 0. The van der Waals surface area contributed by atoms with E-state index in [2.05, 4.69) is 0 Å². The van der Waals surface area contributed by atoms with Crippen LogP contribution in [0.2, 0.25) is 0 Å². The van der Waals surface area contributed by atoms with Crippen LogP contribution in [0.5, 0.6) is 0 Å². The van der Waals surface area contributed by atoms with E-state index in [1.807, 2.05) is 34.6 Å². The van der Waals surface area contributed by atoms with Gasteiger partial charge in [-0.2, -0.15) is 0 Å². The van der Waals surface area contributed by atoms with Crippen molar-refractivity contribution in [2.45, 2.75) is 52.7 Å². The quantitative estimate of drug-likeness (QED) is 0.604. The Bertz CT molecular complexity index is 146. The van der Waals surface area contributed by atoms with E-state index < -0.39 is 11.8 Å².